The number of carbonyl (C=O) groups is 1. The normalized spacial score (nSPS) is 10.3. The Hall–Kier alpha value is -1.91. The lowest BCUT2D eigenvalue weighted by atomic mass is 10.0. The summed E-state index contributed by atoms with van der Waals surface area (Å²) in [6.45, 7) is 4.16. The first-order valence-electron chi connectivity index (χ1n) is 11.9. The largest absolute Gasteiger partial charge is 0.481 e. The maximum Gasteiger partial charge on any atom is 0.303 e. The molecule has 0 unspecified atom stereocenters. The van der Waals surface area contributed by atoms with Gasteiger partial charge in [-0.05, 0) is 13.3 Å². The number of nitro benzene ring substituents is 1. The Balaban J connectivity index is 0.000000696. The van der Waals surface area contributed by atoms with E-state index in [4.69, 9.17) is 5.11 Å². The minimum Gasteiger partial charge on any atom is -0.481 e. The molecule has 0 fully saturated rings. The van der Waals surface area contributed by atoms with Gasteiger partial charge in [-0.15, -0.1) is 0 Å². The first-order chi connectivity index (χ1) is 14.5. The van der Waals surface area contributed by atoms with E-state index in [0.29, 0.717) is 6.42 Å². The van der Waals surface area contributed by atoms with Crippen LogP contribution in [-0.4, -0.2) is 16.0 Å². The molecule has 5 nitrogen and oxygen atoms in total. The van der Waals surface area contributed by atoms with E-state index in [9.17, 15) is 14.9 Å². The third-order valence-corrected chi connectivity index (χ3v) is 5.24. The molecule has 0 aliphatic rings. The molecule has 0 radical (unpaired) electrons. The number of aryl methyl sites for hydroxylation is 1. The molecule has 5 heteroatoms. The zero-order valence-electron chi connectivity index (χ0n) is 19.2. The minimum absolute atomic E-state index is 0.144. The second-order valence-corrected chi connectivity index (χ2v) is 8.19. The van der Waals surface area contributed by atoms with E-state index in [1.807, 2.05) is 6.92 Å². The highest BCUT2D eigenvalue weighted by Gasteiger charge is 2.00. The number of carboxylic acids is 1. The highest BCUT2D eigenvalue weighted by molar-refractivity contribution is 5.66. The zero-order valence-corrected chi connectivity index (χ0v) is 19.2. The van der Waals surface area contributed by atoms with Gasteiger partial charge in [0.05, 0.1) is 4.92 Å². The molecule has 1 aromatic rings. The van der Waals surface area contributed by atoms with E-state index in [1.165, 1.54) is 95.6 Å². The van der Waals surface area contributed by atoms with Crippen molar-refractivity contribution in [2.75, 3.05) is 0 Å². The SMILES string of the molecule is CCCCCCCCCCCCCCCCCC(=O)O.Cc1ccc([N+](=O)[O-])cc1. The number of carboxylic acid groups (broad SMARTS) is 1. The van der Waals surface area contributed by atoms with Crippen LogP contribution in [0.3, 0.4) is 0 Å². The summed E-state index contributed by atoms with van der Waals surface area (Å²) < 4.78 is 0. The summed E-state index contributed by atoms with van der Waals surface area (Å²) in [7, 11) is 0. The summed E-state index contributed by atoms with van der Waals surface area (Å²) in [6, 6.07) is 6.43. The van der Waals surface area contributed by atoms with E-state index in [-0.39, 0.29) is 5.69 Å². The molecular weight excluding hydrogens is 378 g/mol. The number of hydrogen-bond donors (Lipinski definition) is 1. The monoisotopic (exact) mass is 421 g/mol. The molecule has 0 aromatic heterocycles. The smallest absolute Gasteiger partial charge is 0.303 e. The summed E-state index contributed by atoms with van der Waals surface area (Å²) >= 11 is 0. The predicted octanol–water partition coefficient (Wildman–Crippen LogP) is 8.24. The molecule has 1 rings (SSSR count). The zero-order chi connectivity index (χ0) is 22.5. The van der Waals surface area contributed by atoms with E-state index < -0.39 is 10.9 Å². The lowest BCUT2D eigenvalue weighted by Gasteiger charge is -2.03. The van der Waals surface area contributed by atoms with Gasteiger partial charge in [-0.3, -0.25) is 14.9 Å². The highest BCUT2D eigenvalue weighted by Crippen LogP contribution is 2.13. The van der Waals surface area contributed by atoms with Crippen LogP contribution in [-0.2, 0) is 4.79 Å². The second kappa shape index (κ2) is 20.4. The lowest BCUT2D eigenvalue weighted by Crippen LogP contribution is -1.93. The van der Waals surface area contributed by atoms with Gasteiger partial charge in [0.2, 0.25) is 0 Å². The molecule has 0 bridgehead atoms. The molecule has 30 heavy (non-hydrogen) atoms. The standard InChI is InChI=1S/C18H36O2.C7H7NO2/c1-2-3-4-5-6-7-8-9-10-11-12-13-14-15-16-17-18(19)20;1-6-2-4-7(5-3-6)8(9)10/h2-17H2,1H3,(H,19,20);2-5H,1H3. The summed E-state index contributed by atoms with van der Waals surface area (Å²) in [5.74, 6) is -0.653. The van der Waals surface area contributed by atoms with Crippen LogP contribution >= 0.6 is 0 Å². The van der Waals surface area contributed by atoms with Gasteiger partial charge in [0, 0.05) is 18.6 Å². The third kappa shape index (κ3) is 19.4. The lowest BCUT2D eigenvalue weighted by molar-refractivity contribution is -0.384. The molecule has 0 saturated heterocycles. The van der Waals surface area contributed by atoms with Crippen LogP contribution in [0.1, 0.15) is 115 Å². The van der Waals surface area contributed by atoms with Crippen molar-refractivity contribution in [1.82, 2.24) is 0 Å². The number of unbranched alkanes of at least 4 members (excludes halogenated alkanes) is 14. The van der Waals surface area contributed by atoms with Crippen LogP contribution in [0.25, 0.3) is 0 Å². The van der Waals surface area contributed by atoms with E-state index >= 15 is 0 Å². The molecule has 0 atom stereocenters. The summed E-state index contributed by atoms with van der Waals surface area (Å²) in [5.41, 5.74) is 1.18. The number of nitrogens with zero attached hydrogens (tertiary/aromatic N) is 1. The first kappa shape index (κ1) is 28.1. The Morgan fingerprint density at radius 2 is 1.13 bits per heavy atom. The predicted molar refractivity (Wildman–Crippen MR) is 125 cm³/mol. The third-order valence-electron chi connectivity index (χ3n) is 5.24. The topological polar surface area (TPSA) is 80.4 Å². The summed E-state index contributed by atoms with van der Waals surface area (Å²) in [6.07, 6.45) is 20.2. The Labute approximate surface area is 183 Å². The molecule has 0 heterocycles. The molecule has 1 N–H and O–H groups in total. The van der Waals surface area contributed by atoms with Crippen LogP contribution in [0.5, 0.6) is 0 Å². The van der Waals surface area contributed by atoms with Crippen molar-refractivity contribution in [3.63, 3.8) is 0 Å². The van der Waals surface area contributed by atoms with E-state index in [0.717, 1.165) is 18.4 Å². The Morgan fingerprint density at radius 1 is 0.767 bits per heavy atom. The molecule has 0 aliphatic carbocycles. The molecule has 0 spiro atoms. The first-order valence-corrected chi connectivity index (χ1v) is 11.9. The fourth-order valence-electron chi connectivity index (χ4n) is 3.31. The molecule has 0 aliphatic heterocycles. The van der Waals surface area contributed by atoms with Gasteiger partial charge in [0.1, 0.15) is 0 Å². The average molecular weight is 422 g/mol. The second-order valence-electron chi connectivity index (χ2n) is 8.19. The Kier molecular flexibility index (Phi) is 19.1. The van der Waals surface area contributed by atoms with Crippen molar-refractivity contribution in [2.24, 2.45) is 0 Å². The average Bonchev–Trinajstić information content (AvgIpc) is 2.71. The quantitative estimate of drug-likeness (QED) is 0.156. The van der Waals surface area contributed by atoms with Gasteiger partial charge in [-0.2, -0.15) is 0 Å². The Bertz CT molecular complexity index is 543. The fraction of sp³-hybridized carbons (Fsp3) is 0.720. The van der Waals surface area contributed by atoms with Crippen molar-refractivity contribution >= 4 is 11.7 Å². The van der Waals surface area contributed by atoms with Gasteiger partial charge in [-0.25, -0.2) is 0 Å². The maximum atomic E-state index is 10.3. The van der Waals surface area contributed by atoms with E-state index in [2.05, 4.69) is 6.92 Å². The van der Waals surface area contributed by atoms with Crippen molar-refractivity contribution in [3.05, 3.63) is 39.9 Å². The molecule has 0 amide bonds. The fourth-order valence-corrected chi connectivity index (χ4v) is 3.31. The van der Waals surface area contributed by atoms with Gasteiger partial charge >= 0.3 is 5.97 Å². The number of non-ortho nitro benzene ring substituents is 1. The van der Waals surface area contributed by atoms with Crippen LogP contribution in [0.2, 0.25) is 0 Å². The maximum absolute atomic E-state index is 10.3. The molecule has 0 saturated carbocycles. The molecule has 172 valence electrons. The number of rotatable bonds is 17. The van der Waals surface area contributed by atoms with Crippen LogP contribution < -0.4 is 0 Å². The van der Waals surface area contributed by atoms with Crippen molar-refractivity contribution < 1.29 is 14.8 Å². The van der Waals surface area contributed by atoms with Crippen molar-refractivity contribution in [2.45, 2.75) is 117 Å². The number of nitro groups is 1. The van der Waals surface area contributed by atoms with Gasteiger partial charge in [0.15, 0.2) is 0 Å². The van der Waals surface area contributed by atoms with Crippen LogP contribution in [0.15, 0.2) is 24.3 Å². The van der Waals surface area contributed by atoms with Gasteiger partial charge in [-0.1, -0.05) is 115 Å². The van der Waals surface area contributed by atoms with Crippen molar-refractivity contribution in [3.8, 4) is 0 Å². The van der Waals surface area contributed by atoms with Gasteiger partial charge in [0.25, 0.3) is 5.69 Å². The number of benzene rings is 1. The van der Waals surface area contributed by atoms with Crippen LogP contribution in [0.4, 0.5) is 5.69 Å². The number of aliphatic carboxylic acids is 1. The number of hydrogen-bond acceptors (Lipinski definition) is 3. The van der Waals surface area contributed by atoms with E-state index in [1.54, 1.807) is 12.1 Å². The van der Waals surface area contributed by atoms with Gasteiger partial charge < -0.3 is 5.11 Å². The highest BCUT2D eigenvalue weighted by atomic mass is 16.6. The minimum atomic E-state index is -0.653. The van der Waals surface area contributed by atoms with Crippen LogP contribution in [0, 0.1) is 17.0 Å². The molecule has 1 aromatic carbocycles. The summed E-state index contributed by atoms with van der Waals surface area (Å²) in [5, 5.41) is 18.6. The molecular formula is C25H43NO4. The van der Waals surface area contributed by atoms with Crippen molar-refractivity contribution in [1.29, 1.82) is 0 Å². The summed E-state index contributed by atoms with van der Waals surface area (Å²) in [4.78, 5) is 20.0. The Morgan fingerprint density at radius 3 is 1.47 bits per heavy atom.